The Morgan fingerprint density at radius 3 is 2.61 bits per heavy atom. The zero-order valence-corrected chi connectivity index (χ0v) is 14.1. The fraction of sp³-hybridized carbons (Fsp3) is 0.400. The van der Waals surface area contributed by atoms with Crippen LogP contribution in [0.1, 0.15) is 54.0 Å². The van der Waals surface area contributed by atoms with Gasteiger partial charge in [0.05, 0.1) is 0 Å². The van der Waals surface area contributed by atoms with Crippen molar-refractivity contribution in [1.29, 1.82) is 0 Å². The third-order valence-electron chi connectivity index (χ3n) is 4.99. The third kappa shape index (κ3) is 3.04. The lowest BCUT2D eigenvalue weighted by Gasteiger charge is -2.39. The Morgan fingerprint density at radius 2 is 1.96 bits per heavy atom. The van der Waals surface area contributed by atoms with Crippen molar-refractivity contribution in [3.8, 4) is 0 Å². The van der Waals surface area contributed by atoms with Crippen molar-refractivity contribution < 1.29 is 4.39 Å². The van der Waals surface area contributed by atoms with Gasteiger partial charge < -0.3 is 5.73 Å². The molecule has 2 nitrogen and oxygen atoms in total. The van der Waals surface area contributed by atoms with Gasteiger partial charge in [-0.1, -0.05) is 44.2 Å². The highest BCUT2D eigenvalue weighted by atomic mass is 19.1. The summed E-state index contributed by atoms with van der Waals surface area (Å²) in [4.78, 5) is 2.29. The van der Waals surface area contributed by atoms with Crippen molar-refractivity contribution in [2.45, 2.75) is 31.7 Å². The lowest BCUT2D eigenvalue weighted by molar-refractivity contribution is 0.223. The molecular formula is C20H25FN2. The number of hydrogen-bond acceptors (Lipinski definition) is 2. The Bertz CT molecular complexity index is 696. The number of likely N-dealkylation sites (N-methyl/N-ethyl adjacent to an activating group) is 1. The maximum absolute atomic E-state index is 13.7. The Labute approximate surface area is 138 Å². The van der Waals surface area contributed by atoms with Gasteiger partial charge in [-0.2, -0.15) is 0 Å². The summed E-state index contributed by atoms with van der Waals surface area (Å²) >= 11 is 0. The zero-order chi connectivity index (χ0) is 16.6. The highest BCUT2D eigenvalue weighted by molar-refractivity contribution is 5.45. The average molecular weight is 312 g/mol. The second kappa shape index (κ2) is 6.42. The van der Waals surface area contributed by atoms with Crippen LogP contribution < -0.4 is 5.73 Å². The van der Waals surface area contributed by atoms with Crippen molar-refractivity contribution in [3.63, 3.8) is 0 Å². The van der Waals surface area contributed by atoms with E-state index in [1.54, 1.807) is 12.1 Å². The molecule has 23 heavy (non-hydrogen) atoms. The van der Waals surface area contributed by atoms with Gasteiger partial charge >= 0.3 is 0 Å². The molecule has 0 saturated heterocycles. The second-order valence-electron chi connectivity index (χ2n) is 6.84. The van der Waals surface area contributed by atoms with Crippen molar-refractivity contribution in [1.82, 2.24) is 4.90 Å². The lowest BCUT2D eigenvalue weighted by atomic mass is 9.80. The molecule has 0 aromatic heterocycles. The van der Waals surface area contributed by atoms with E-state index in [1.165, 1.54) is 22.8 Å². The highest BCUT2D eigenvalue weighted by Gasteiger charge is 2.31. The number of hydrogen-bond donors (Lipinski definition) is 1. The summed E-state index contributed by atoms with van der Waals surface area (Å²) in [5.41, 5.74) is 11.0. The number of benzene rings is 2. The average Bonchev–Trinajstić information content (AvgIpc) is 2.53. The van der Waals surface area contributed by atoms with Crippen LogP contribution in [-0.2, 0) is 0 Å². The molecule has 0 aliphatic carbocycles. The van der Waals surface area contributed by atoms with E-state index < -0.39 is 0 Å². The van der Waals surface area contributed by atoms with Gasteiger partial charge in [-0.3, -0.25) is 4.90 Å². The van der Waals surface area contributed by atoms with Crippen LogP contribution in [0.15, 0.2) is 42.5 Å². The Hall–Kier alpha value is -1.71. The van der Waals surface area contributed by atoms with E-state index in [9.17, 15) is 4.39 Å². The first-order valence-corrected chi connectivity index (χ1v) is 8.30. The van der Waals surface area contributed by atoms with Crippen molar-refractivity contribution in [2.75, 3.05) is 20.1 Å². The molecule has 0 radical (unpaired) electrons. The molecule has 2 N–H and O–H groups in total. The zero-order valence-electron chi connectivity index (χ0n) is 14.1. The molecule has 2 aromatic carbocycles. The fourth-order valence-corrected chi connectivity index (χ4v) is 3.62. The number of rotatable bonds is 3. The van der Waals surface area contributed by atoms with Gasteiger partial charge in [0, 0.05) is 25.0 Å². The van der Waals surface area contributed by atoms with Gasteiger partial charge in [0.25, 0.3) is 0 Å². The molecule has 0 amide bonds. The minimum Gasteiger partial charge on any atom is -0.329 e. The van der Waals surface area contributed by atoms with Gasteiger partial charge in [-0.25, -0.2) is 4.39 Å². The van der Waals surface area contributed by atoms with Crippen molar-refractivity contribution in [3.05, 3.63) is 70.5 Å². The van der Waals surface area contributed by atoms with E-state index in [0.717, 1.165) is 12.1 Å². The topological polar surface area (TPSA) is 29.3 Å². The minimum absolute atomic E-state index is 0.175. The monoisotopic (exact) mass is 312 g/mol. The largest absolute Gasteiger partial charge is 0.329 e. The smallest absolute Gasteiger partial charge is 0.123 e. The van der Waals surface area contributed by atoms with Crippen LogP contribution in [0, 0.1) is 5.82 Å². The molecular weight excluding hydrogens is 287 g/mol. The molecule has 0 saturated carbocycles. The molecule has 1 aliphatic rings. The third-order valence-corrected chi connectivity index (χ3v) is 4.99. The Morgan fingerprint density at radius 1 is 1.17 bits per heavy atom. The van der Waals surface area contributed by atoms with Gasteiger partial charge in [-0.05, 0) is 47.4 Å². The van der Waals surface area contributed by atoms with Crippen LogP contribution in [0.25, 0.3) is 0 Å². The molecule has 3 rings (SSSR count). The minimum atomic E-state index is -0.175. The Balaban J connectivity index is 2.12. The number of fused-ring (bicyclic) bond motifs is 1. The molecule has 1 aliphatic heterocycles. The van der Waals surface area contributed by atoms with Crippen LogP contribution >= 0.6 is 0 Å². The first kappa shape index (κ1) is 16.2. The molecule has 3 heteroatoms. The van der Waals surface area contributed by atoms with Gasteiger partial charge in [0.15, 0.2) is 0 Å². The van der Waals surface area contributed by atoms with E-state index in [4.69, 9.17) is 5.73 Å². The summed E-state index contributed by atoms with van der Waals surface area (Å²) < 4.78 is 13.7. The predicted octanol–water partition coefficient (Wildman–Crippen LogP) is 4.03. The predicted molar refractivity (Wildman–Crippen MR) is 93.2 cm³/mol. The maximum atomic E-state index is 13.7. The highest BCUT2D eigenvalue weighted by Crippen LogP contribution is 2.39. The first-order valence-electron chi connectivity index (χ1n) is 8.30. The molecule has 2 aromatic rings. The normalized spacial score (nSPS) is 21.5. The summed E-state index contributed by atoms with van der Waals surface area (Å²) in [6.45, 7) is 5.87. The fourth-order valence-electron chi connectivity index (χ4n) is 3.62. The van der Waals surface area contributed by atoms with Gasteiger partial charge in [-0.15, -0.1) is 0 Å². The van der Waals surface area contributed by atoms with Crippen LogP contribution in [-0.4, -0.2) is 25.0 Å². The summed E-state index contributed by atoms with van der Waals surface area (Å²) in [5.74, 6) is 0.500. The van der Waals surface area contributed by atoms with E-state index >= 15 is 0 Å². The van der Waals surface area contributed by atoms with Crippen LogP contribution in [0.2, 0.25) is 0 Å². The summed E-state index contributed by atoms with van der Waals surface area (Å²) in [6.07, 6.45) is 0. The molecule has 0 spiro atoms. The van der Waals surface area contributed by atoms with E-state index in [1.807, 2.05) is 6.07 Å². The molecule has 2 atom stereocenters. The lowest BCUT2D eigenvalue weighted by Crippen LogP contribution is -2.39. The van der Waals surface area contributed by atoms with E-state index in [0.29, 0.717) is 12.5 Å². The SMILES string of the molecule is CC(C)c1ccc2c(c1)C(CN)N(C)CC2c1cccc(F)c1. The maximum Gasteiger partial charge on any atom is 0.123 e. The van der Waals surface area contributed by atoms with Crippen LogP contribution in [0.4, 0.5) is 4.39 Å². The summed E-state index contributed by atoms with van der Waals surface area (Å²) in [5, 5.41) is 0. The summed E-state index contributed by atoms with van der Waals surface area (Å²) in [7, 11) is 2.11. The van der Waals surface area contributed by atoms with E-state index in [2.05, 4.69) is 44.0 Å². The van der Waals surface area contributed by atoms with Gasteiger partial charge in [0.2, 0.25) is 0 Å². The first-order chi connectivity index (χ1) is 11.0. The van der Waals surface area contributed by atoms with Crippen molar-refractivity contribution in [2.24, 2.45) is 5.73 Å². The van der Waals surface area contributed by atoms with Crippen LogP contribution in [0.5, 0.6) is 0 Å². The van der Waals surface area contributed by atoms with Crippen molar-refractivity contribution >= 4 is 0 Å². The number of nitrogens with zero attached hydrogens (tertiary/aromatic N) is 1. The summed E-state index contributed by atoms with van der Waals surface area (Å²) in [6, 6.07) is 13.9. The Kier molecular flexibility index (Phi) is 4.51. The molecule has 0 fully saturated rings. The standard InChI is InChI=1S/C20H25FN2/c1-13(2)14-7-8-17-18(10-14)20(11-22)23(3)12-19(17)15-5-4-6-16(21)9-15/h4-10,13,19-20H,11-12,22H2,1-3H3. The van der Waals surface area contributed by atoms with Gasteiger partial charge in [0.1, 0.15) is 5.82 Å². The second-order valence-corrected chi connectivity index (χ2v) is 6.84. The molecule has 1 heterocycles. The van der Waals surface area contributed by atoms with E-state index in [-0.39, 0.29) is 17.8 Å². The molecule has 122 valence electrons. The molecule has 0 bridgehead atoms. The van der Waals surface area contributed by atoms with Crippen LogP contribution in [0.3, 0.4) is 0 Å². The number of nitrogens with two attached hydrogens (primary N) is 1. The number of halogens is 1. The quantitative estimate of drug-likeness (QED) is 0.927. The molecule has 2 unspecified atom stereocenters.